The molecule has 39 heavy (non-hydrogen) atoms. The van der Waals surface area contributed by atoms with Crippen molar-refractivity contribution in [1.82, 2.24) is 29.5 Å². The summed E-state index contributed by atoms with van der Waals surface area (Å²) < 4.78 is 8.27. The fraction of sp³-hybridized carbons (Fsp3) is 0.172. The first-order valence-electron chi connectivity index (χ1n) is 13.0. The van der Waals surface area contributed by atoms with Gasteiger partial charge in [0, 0.05) is 67.1 Å². The third-order valence-corrected chi connectivity index (χ3v) is 7.57. The minimum atomic E-state index is 0.292. The molecule has 0 amide bonds. The van der Waals surface area contributed by atoms with Crippen molar-refractivity contribution in [3.63, 3.8) is 0 Å². The maximum Gasteiger partial charge on any atom is 0.180 e. The van der Waals surface area contributed by atoms with E-state index in [2.05, 4.69) is 71.7 Å². The molecule has 1 saturated heterocycles. The lowest BCUT2D eigenvalue weighted by molar-refractivity contribution is 0.255. The monoisotopic (exact) mass is 515 g/mol. The van der Waals surface area contributed by atoms with Crippen LogP contribution < -0.4 is 19.9 Å². The smallest absolute Gasteiger partial charge is 0.180 e. The largest absolute Gasteiger partial charge is 0.489 e. The Morgan fingerprint density at radius 3 is 2.97 bits per heavy atom. The van der Waals surface area contributed by atoms with Crippen molar-refractivity contribution in [3.8, 4) is 17.0 Å². The highest BCUT2D eigenvalue weighted by Gasteiger charge is 2.33. The Labute approximate surface area is 223 Å². The van der Waals surface area contributed by atoms with Gasteiger partial charge in [-0.3, -0.25) is 10.1 Å². The molecule has 2 aliphatic heterocycles. The summed E-state index contributed by atoms with van der Waals surface area (Å²) in [5.74, 6) is 1.56. The highest BCUT2D eigenvalue weighted by Crippen LogP contribution is 2.38. The summed E-state index contributed by atoms with van der Waals surface area (Å²) in [7, 11) is 0. The van der Waals surface area contributed by atoms with Gasteiger partial charge in [0.25, 0.3) is 0 Å². The SMILES string of the molecule is c1cncc(N2CCN3c4ccc(Nc5nc(-c6ccc7cn[nH]c7c6)cn6ccnc56)cc4OCC3C2)c1. The van der Waals surface area contributed by atoms with E-state index >= 15 is 0 Å². The third kappa shape index (κ3) is 3.80. The number of hydrogen-bond acceptors (Lipinski definition) is 8. The standard InChI is InChI=1S/C29H25N9O/c1-2-22(15-30-7-1)36-10-11-38-23(16-36)18-39-27-13-21(5-6-26(27)38)33-28-29-31-8-9-37(29)17-25(34-28)19-3-4-20-14-32-35-24(20)12-19/h1-9,12-15,17,23H,10-11,16,18H2,(H,32,35)(H,33,34). The van der Waals surface area contributed by atoms with Crippen molar-refractivity contribution in [2.24, 2.45) is 0 Å². The average molecular weight is 516 g/mol. The number of aromatic amines is 1. The van der Waals surface area contributed by atoms with E-state index < -0.39 is 0 Å². The number of hydrogen-bond donors (Lipinski definition) is 2. The molecule has 0 spiro atoms. The molecule has 192 valence electrons. The molecule has 0 saturated carbocycles. The van der Waals surface area contributed by atoms with Gasteiger partial charge in [-0.1, -0.05) is 12.1 Å². The number of H-pyrrole nitrogens is 1. The van der Waals surface area contributed by atoms with Crippen LogP contribution in [-0.4, -0.2) is 61.8 Å². The second-order valence-electron chi connectivity index (χ2n) is 9.93. The lowest BCUT2D eigenvalue weighted by atomic mass is 10.1. The summed E-state index contributed by atoms with van der Waals surface area (Å²) in [5, 5.41) is 11.7. The van der Waals surface area contributed by atoms with Crippen LogP contribution >= 0.6 is 0 Å². The van der Waals surface area contributed by atoms with Gasteiger partial charge in [-0.2, -0.15) is 5.10 Å². The van der Waals surface area contributed by atoms with Crippen LogP contribution in [0.3, 0.4) is 0 Å². The van der Waals surface area contributed by atoms with Crippen molar-refractivity contribution in [2.45, 2.75) is 6.04 Å². The Morgan fingerprint density at radius 2 is 2.03 bits per heavy atom. The van der Waals surface area contributed by atoms with Crippen molar-refractivity contribution >= 4 is 39.4 Å². The van der Waals surface area contributed by atoms with E-state index in [9.17, 15) is 0 Å². The van der Waals surface area contributed by atoms with Crippen molar-refractivity contribution in [1.29, 1.82) is 0 Å². The number of nitrogens with one attached hydrogen (secondary N) is 2. The molecule has 2 aliphatic rings. The zero-order valence-electron chi connectivity index (χ0n) is 21.0. The molecule has 1 fully saturated rings. The first-order valence-corrected chi connectivity index (χ1v) is 13.0. The van der Waals surface area contributed by atoms with E-state index in [4.69, 9.17) is 9.72 Å². The summed E-state index contributed by atoms with van der Waals surface area (Å²) in [6, 6.07) is 16.9. The molecular formula is C29H25N9O. The summed E-state index contributed by atoms with van der Waals surface area (Å²) >= 11 is 0. The maximum absolute atomic E-state index is 6.28. The van der Waals surface area contributed by atoms with Crippen molar-refractivity contribution in [2.75, 3.05) is 41.4 Å². The highest BCUT2D eigenvalue weighted by molar-refractivity contribution is 5.84. The molecule has 2 N–H and O–H groups in total. The van der Waals surface area contributed by atoms with E-state index in [1.807, 2.05) is 47.5 Å². The molecular weight excluding hydrogens is 490 g/mol. The first-order chi connectivity index (χ1) is 19.3. The molecule has 6 heterocycles. The number of piperazine rings is 1. The number of benzene rings is 2. The van der Waals surface area contributed by atoms with Crippen LogP contribution in [0.5, 0.6) is 5.75 Å². The Balaban J connectivity index is 1.08. The summed E-state index contributed by atoms with van der Waals surface area (Å²) in [5.41, 5.74) is 6.75. The number of imidazole rings is 1. The second kappa shape index (κ2) is 8.73. The molecule has 0 bridgehead atoms. The molecule has 0 radical (unpaired) electrons. The lowest BCUT2D eigenvalue weighted by Gasteiger charge is -2.46. The first kappa shape index (κ1) is 21.9. The molecule has 2 aromatic carbocycles. The normalized spacial score (nSPS) is 16.7. The topological polar surface area (TPSA) is 99.5 Å². The summed E-state index contributed by atoms with van der Waals surface area (Å²) in [6.07, 6.45) is 11.3. The highest BCUT2D eigenvalue weighted by atomic mass is 16.5. The Kier molecular flexibility index (Phi) is 4.90. The molecule has 0 aliphatic carbocycles. The van der Waals surface area contributed by atoms with Gasteiger partial charge in [0.15, 0.2) is 11.5 Å². The van der Waals surface area contributed by atoms with E-state index in [0.29, 0.717) is 18.5 Å². The minimum absolute atomic E-state index is 0.292. The maximum atomic E-state index is 6.28. The average Bonchev–Trinajstić information content (AvgIpc) is 3.66. The van der Waals surface area contributed by atoms with E-state index in [-0.39, 0.29) is 0 Å². The zero-order valence-corrected chi connectivity index (χ0v) is 21.0. The van der Waals surface area contributed by atoms with Gasteiger partial charge in [-0.25, -0.2) is 9.97 Å². The third-order valence-electron chi connectivity index (χ3n) is 7.57. The molecule has 10 nitrogen and oxygen atoms in total. The number of ether oxygens (including phenoxy) is 1. The quantitative estimate of drug-likeness (QED) is 0.354. The van der Waals surface area contributed by atoms with Crippen LogP contribution in [0.1, 0.15) is 0 Å². The van der Waals surface area contributed by atoms with Gasteiger partial charge < -0.3 is 24.3 Å². The summed E-state index contributed by atoms with van der Waals surface area (Å²) in [6.45, 7) is 3.42. The van der Waals surface area contributed by atoms with Crippen molar-refractivity contribution < 1.29 is 4.74 Å². The van der Waals surface area contributed by atoms with E-state index in [0.717, 1.165) is 70.3 Å². The van der Waals surface area contributed by atoms with Gasteiger partial charge in [0.1, 0.15) is 12.4 Å². The molecule has 1 unspecified atom stereocenters. The van der Waals surface area contributed by atoms with E-state index in [1.165, 1.54) is 0 Å². The zero-order chi connectivity index (χ0) is 25.8. The number of fused-ring (bicyclic) bond motifs is 5. The Morgan fingerprint density at radius 1 is 1.03 bits per heavy atom. The Bertz CT molecular complexity index is 1810. The van der Waals surface area contributed by atoms with Crippen LogP contribution in [0.2, 0.25) is 0 Å². The predicted molar refractivity (Wildman–Crippen MR) is 151 cm³/mol. The number of rotatable bonds is 4. The van der Waals surface area contributed by atoms with Gasteiger partial charge in [-0.15, -0.1) is 0 Å². The van der Waals surface area contributed by atoms with Gasteiger partial charge in [0.2, 0.25) is 0 Å². The van der Waals surface area contributed by atoms with Crippen LogP contribution in [-0.2, 0) is 0 Å². The number of aromatic nitrogens is 6. The number of anilines is 4. The molecule has 10 heteroatoms. The fourth-order valence-electron chi connectivity index (χ4n) is 5.61. The predicted octanol–water partition coefficient (Wildman–Crippen LogP) is 4.50. The van der Waals surface area contributed by atoms with Gasteiger partial charge >= 0.3 is 0 Å². The summed E-state index contributed by atoms with van der Waals surface area (Å²) in [4.78, 5) is 18.6. The van der Waals surface area contributed by atoms with Crippen molar-refractivity contribution in [3.05, 3.63) is 85.7 Å². The molecule has 6 aromatic rings. The lowest BCUT2D eigenvalue weighted by Crippen LogP contribution is -2.57. The molecule has 8 rings (SSSR count). The Hall–Kier alpha value is -5.12. The number of nitrogens with zero attached hydrogens (tertiary/aromatic N) is 7. The molecule has 4 aromatic heterocycles. The minimum Gasteiger partial charge on any atom is -0.489 e. The van der Waals surface area contributed by atoms with E-state index in [1.54, 1.807) is 6.20 Å². The van der Waals surface area contributed by atoms with Crippen LogP contribution in [0.4, 0.5) is 22.9 Å². The molecule has 1 atom stereocenters. The van der Waals surface area contributed by atoms with Gasteiger partial charge in [-0.05, 0) is 30.3 Å². The van der Waals surface area contributed by atoms with Crippen LogP contribution in [0.15, 0.2) is 85.7 Å². The number of pyridine rings is 1. The van der Waals surface area contributed by atoms with Gasteiger partial charge in [0.05, 0.1) is 41.0 Å². The van der Waals surface area contributed by atoms with Crippen LogP contribution in [0.25, 0.3) is 27.8 Å². The second-order valence-corrected chi connectivity index (χ2v) is 9.93. The van der Waals surface area contributed by atoms with Crippen LogP contribution in [0, 0.1) is 0 Å². The fourth-order valence-corrected chi connectivity index (χ4v) is 5.61.